The predicted octanol–water partition coefficient (Wildman–Crippen LogP) is 1.45. The van der Waals surface area contributed by atoms with Gasteiger partial charge in [0.15, 0.2) is 0 Å². The van der Waals surface area contributed by atoms with Crippen LogP contribution in [-0.4, -0.2) is 20.4 Å². The number of nitrogens with zero attached hydrogens (tertiary/aromatic N) is 3. The van der Waals surface area contributed by atoms with Crippen molar-refractivity contribution in [1.82, 2.24) is 9.55 Å². The lowest BCUT2D eigenvalue weighted by Crippen LogP contribution is -2.21. The molecule has 8 nitrogen and oxygen atoms in total. The normalized spacial score (nSPS) is 10.7. The number of hydrogen-bond acceptors (Lipinski definition) is 5. The van der Waals surface area contributed by atoms with Gasteiger partial charge in [0.1, 0.15) is 0 Å². The molecule has 2 N–H and O–H groups in total. The second kappa shape index (κ2) is 5.92. The fourth-order valence-electron chi connectivity index (χ4n) is 2.34. The molecule has 0 saturated carbocycles. The first-order chi connectivity index (χ1) is 11.5. The van der Waals surface area contributed by atoms with Gasteiger partial charge in [0.2, 0.25) is 5.91 Å². The Hall–Kier alpha value is -3.55. The second-order valence-corrected chi connectivity index (χ2v) is 5.20. The minimum absolute atomic E-state index is 0.162. The predicted molar refractivity (Wildman–Crippen MR) is 86.7 cm³/mol. The average molecular weight is 324 g/mol. The zero-order valence-electron chi connectivity index (χ0n) is 12.4. The average Bonchev–Trinajstić information content (AvgIpc) is 2.57. The van der Waals surface area contributed by atoms with Gasteiger partial charge in [0, 0.05) is 17.7 Å². The van der Waals surface area contributed by atoms with Gasteiger partial charge in [0.05, 0.1) is 28.7 Å². The van der Waals surface area contributed by atoms with Crippen LogP contribution in [0, 0.1) is 10.1 Å². The molecule has 0 aliphatic heterocycles. The Morgan fingerprint density at radius 1 is 1.21 bits per heavy atom. The van der Waals surface area contributed by atoms with Crippen molar-refractivity contribution in [3.8, 4) is 0 Å². The van der Waals surface area contributed by atoms with E-state index >= 15 is 0 Å². The second-order valence-electron chi connectivity index (χ2n) is 5.20. The monoisotopic (exact) mass is 324 g/mol. The number of hydrogen-bond donors (Lipinski definition) is 1. The van der Waals surface area contributed by atoms with Crippen LogP contribution < -0.4 is 11.3 Å². The number of benzene rings is 2. The number of fused-ring (bicyclic) bond motifs is 1. The summed E-state index contributed by atoms with van der Waals surface area (Å²) in [6.45, 7) is 0.226. The van der Waals surface area contributed by atoms with E-state index in [1.807, 2.05) is 0 Å². The van der Waals surface area contributed by atoms with Crippen LogP contribution in [0.15, 0.2) is 53.6 Å². The summed E-state index contributed by atoms with van der Waals surface area (Å²) < 4.78 is 1.35. The van der Waals surface area contributed by atoms with E-state index in [-0.39, 0.29) is 23.2 Å². The summed E-state index contributed by atoms with van der Waals surface area (Å²) >= 11 is 0. The molecule has 1 heterocycles. The standard InChI is InChI=1S/C16H12N4O4/c17-15(21)11-3-1-10(2-4-11)8-19-9-18-14-6-5-12(20(23)24)7-13(14)16(19)22/h1-7,9H,8H2,(H2,17,21). The Kier molecular flexibility index (Phi) is 3.78. The number of amides is 1. The first kappa shape index (κ1) is 15.3. The van der Waals surface area contributed by atoms with E-state index in [9.17, 15) is 19.7 Å². The van der Waals surface area contributed by atoms with E-state index in [0.717, 1.165) is 5.56 Å². The van der Waals surface area contributed by atoms with Crippen molar-refractivity contribution >= 4 is 22.5 Å². The highest BCUT2D eigenvalue weighted by Gasteiger charge is 2.11. The maximum Gasteiger partial charge on any atom is 0.270 e. The fraction of sp³-hybridized carbons (Fsp3) is 0.0625. The summed E-state index contributed by atoms with van der Waals surface area (Å²) in [5, 5.41) is 11.0. The number of nitro benzene ring substituents is 1. The number of nitro groups is 1. The van der Waals surface area contributed by atoms with Gasteiger partial charge < -0.3 is 5.73 Å². The number of carbonyl (C=O) groups excluding carboxylic acids is 1. The summed E-state index contributed by atoms with van der Waals surface area (Å²) in [7, 11) is 0. The molecule has 3 aromatic rings. The number of primary amides is 1. The summed E-state index contributed by atoms with van der Waals surface area (Å²) in [5.41, 5.74) is 6.19. The van der Waals surface area contributed by atoms with E-state index in [0.29, 0.717) is 11.1 Å². The summed E-state index contributed by atoms with van der Waals surface area (Å²) in [6, 6.07) is 10.5. The smallest absolute Gasteiger partial charge is 0.270 e. The van der Waals surface area contributed by atoms with Crippen LogP contribution >= 0.6 is 0 Å². The highest BCUT2D eigenvalue weighted by atomic mass is 16.6. The number of rotatable bonds is 4. The SMILES string of the molecule is NC(=O)c1ccc(Cn2cnc3ccc([N+](=O)[O-])cc3c2=O)cc1. The summed E-state index contributed by atoms with van der Waals surface area (Å²) in [6.07, 6.45) is 1.39. The number of non-ortho nitro benzene ring substituents is 1. The van der Waals surface area contributed by atoms with Gasteiger partial charge in [-0.15, -0.1) is 0 Å². The molecular weight excluding hydrogens is 312 g/mol. The molecule has 8 heteroatoms. The minimum atomic E-state index is -0.557. The Morgan fingerprint density at radius 2 is 1.92 bits per heavy atom. The maximum absolute atomic E-state index is 12.5. The van der Waals surface area contributed by atoms with Gasteiger partial charge in [-0.05, 0) is 23.8 Å². The van der Waals surface area contributed by atoms with Crippen LogP contribution in [0.3, 0.4) is 0 Å². The molecule has 0 saturated heterocycles. The molecular formula is C16H12N4O4. The molecule has 0 radical (unpaired) electrons. The molecule has 0 aliphatic rings. The highest BCUT2D eigenvalue weighted by Crippen LogP contribution is 2.16. The molecule has 0 unspecified atom stereocenters. The molecule has 0 atom stereocenters. The lowest BCUT2D eigenvalue weighted by molar-refractivity contribution is -0.384. The van der Waals surface area contributed by atoms with Gasteiger partial charge in [-0.2, -0.15) is 0 Å². The van der Waals surface area contributed by atoms with Crippen molar-refractivity contribution in [1.29, 1.82) is 0 Å². The van der Waals surface area contributed by atoms with Crippen LogP contribution in [0.2, 0.25) is 0 Å². The van der Waals surface area contributed by atoms with E-state index < -0.39 is 10.8 Å². The molecule has 0 bridgehead atoms. The van der Waals surface area contributed by atoms with Gasteiger partial charge >= 0.3 is 0 Å². The molecule has 0 aliphatic carbocycles. The molecule has 2 aromatic carbocycles. The number of nitrogens with two attached hydrogens (primary N) is 1. The van der Waals surface area contributed by atoms with Crippen molar-refractivity contribution in [2.75, 3.05) is 0 Å². The van der Waals surface area contributed by atoms with Crippen LogP contribution in [0.5, 0.6) is 0 Å². The first-order valence-corrected chi connectivity index (χ1v) is 6.98. The minimum Gasteiger partial charge on any atom is -0.366 e. The Bertz CT molecular complexity index is 1010. The number of carbonyl (C=O) groups is 1. The van der Waals surface area contributed by atoms with Gasteiger partial charge in [-0.3, -0.25) is 24.3 Å². The van der Waals surface area contributed by atoms with Crippen LogP contribution in [0.1, 0.15) is 15.9 Å². The third kappa shape index (κ3) is 2.84. The molecule has 120 valence electrons. The van der Waals surface area contributed by atoms with E-state index in [1.54, 1.807) is 24.3 Å². The van der Waals surface area contributed by atoms with Crippen molar-refractivity contribution in [2.45, 2.75) is 6.54 Å². The molecule has 3 rings (SSSR count). The van der Waals surface area contributed by atoms with Crippen LogP contribution in [-0.2, 0) is 6.54 Å². The van der Waals surface area contributed by atoms with Crippen LogP contribution in [0.4, 0.5) is 5.69 Å². The molecule has 0 spiro atoms. The zero-order valence-corrected chi connectivity index (χ0v) is 12.4. The maximum atomic E-state index is 12.5. The zero-order chi connectivity index (χ0) is 17.3. The van der Waals surface area contributed by atoms with E-state index in [2.05, 4.69) is 4.98 Å². The third-order valence-electron chi connectivity index (χ3n) is 3.61. The Balaban J connectivity index is 2.00. The molecule has 0 fully saturated rings. The van der Waals surface area contributed by atoms with E-state index in [4.69, 9.17) is 5.73 Å². The van der Waals surface area contributed by atoms with Crippen molar-refractivity contribution < 1.29 is 9.72 Å². The van der Waals surface area contributed by atoms with Gasteiger partial charge in [-0.25, -0.2) is 4.98 Å². The van der Waals surface area contributed by atoms with Crippen molar-refractivity contribution in [3.05, 3.63) is 80.4 Å². The molecule has 1 aromatic heterocycles. The number of aromatic nitrogens is 2. The van der Waals surface area contributed by atoms with E-state index in [1.165, 1.54) is 29.1 Å². The van der Waals surface area contributed by atoms with Gasteiger partial charge in [-0.1, -0.05) is 12.1 Å². The quantitative estimate of drug-likeness (QED) is 0.575. The Morgan fingerprint density at radius 3 is 2.54 bits per heavy atom. The molecule has 1 amide bonds. The lowest BCUT2D eigenvalue weighted by Gasteiger charge is -2.07. The summed E-state index contributed by atoms with van der Waals surface area (Å²) in [4.78, 5) is 38.0. The Labute approximate surface area is 135 Å². The lowest BCUT2D eigenvalue weighted by atomic mass is 10.1. The fourth-order valence-corrected chi connectivity index (χ4v) is 2.34. The van der Waals surface area contributed by atoms with Crippen molar-refractivity contribution in [3.63, 3.8) is 0 Å². The van der Waals surface area contributed by atoms with Gasteiger partial charge in [0.25, 0.3) is 11.2 Å². The highest BCUT2D eigenvalue weighted by molar-refractivity contribution is 5.92. The van der Waals surface area contributed by atoms with Crippen molar-refractivity contribution in [2.24, 2.45) is 5.73 Å². The molecule has 24 heavy (non-hydrogen) atoms. The first-order valence-electron chi connectivity index (χ1n) is 6.98. The third-order valence-corrected chi connectivity index (χ3v) is 3.61. The topological polar surface area (TPSA) is 121 Å². The largest absolute Gasteiger partial charge is 0.366 e. The summed E-state index contributed by atoms with van der Waals surface area (Å²) in [5.74, 6) is -0.529. The van der Waals surface area contributed by atoms with Crippen LogP contribution in [0.25, 0.3) is 10.9 Å².